The quantitative estimate of drug-likeness (QED) is 0.753. The highest BCUT2D eigenvalue weighted by molar-refractivity contribution is 5.71. The lowest BCUT2D eigenvalue weighted by atomic mass is 10.1. The molecule has 0 heterocycles. The summed E-state index contributed by atoms with van der Waals surface area (Å²) < 4.78 is 4.66. The van der Waals surface area contributed by atoms with Gasteiger partial charge in [0.05, 0.1) is 13.7 Å². The molecule has 1 rings (SSSR count). The van der Waals surface area contributed by atoms with Crippen LogP contribution in [0.25, 0.3) is 0 Å². The number of carbonyl (C=O) groups excluding carboxylic acids is 1. The second-order valence-electron chi connectivity index (χ2n) is 3.90. The number of rotatable bonds is 6. The first kappa shape index (κ1) is 13.7. The molecule has 1 aromatic rings. The minimum absolute atomic E-state index is 0.203. The maximum absolute atomic E-state index is 11.2. The summed E-state index contributed by atoms with van der Waals surface area (Å²) in [4.78, 5) is 13.2. The number of carbonyl (C=O) groups is 1. The van der Waals surface area contributed by atoms with Crippen molar-refractivity contribution >= 4 is 5.97 Å². The van der Waals surface area contributed by atoms with Crippen molar-refractivity contribution in [1.29, 1.82) is 0 Å². The predicted molar refractivity (Wildman–Crippen MR) is 67.3 cm³/mol. The SMILES string of the molecule is CCN(CC(=O)OC)Cc1ccc(CN)cc1. The van der Waals surface area contributed by atoms with Crippen molar-refractivity contribution in [1.82, 2.24) is 4.90 Å². The van der Waals surface area contributed by atoms with Crippen molar-refractivity contribution in [2.75, 3.05) is 20.2 Å². The second kappa shape index (κ2) is 7.04. The van der Waals surface area contributed by atoms with E-state index < -0.39 is 0 Å². The third-order valence-corrected chi connectivity index (χ3v) is 2.69. The Bertz CT molecular complexity index is 349. The zero-order chi connectivity index (χ0) is 12.7. The van der Waals surface area contributed by atoms with E-state index in [-0.39, 0.29) is 5.97 Å². The average molecular weight is 236 g/mol. The number of hydrogen-bond acceptors (Lipinski definition) is 4. The van der Waals surface area contributed by atoms with E-state index in [2.05, 4.69) is 4.74 Å². The van der Waals surface area contributed by atoms with Gasteiger partial charge in [0, 0.05) is 13.1 Å². The first-order chi connectivity index (χ1) is 8.19. The Balaban J connectivity index is 2.57. The fraction of sp³-hybridized carbons (Fsp3) is 0.462. The first-order valence-corrected chi connectivity index (χ1v) is 5.76. The Labute approximate surface area is 102 Å². The van der Waals surface area contributed by atoms with Crippen molar-refractivity contribution in [3.05, 3.63) is 35.4 Å². The Morgan fingerprint density at radius 1 is 1.29 bits per heavy atom. The highest BCUT2D eigenvalue weighted by Crippen LogP contribution is 2.07. The van der Waals surface area contributed by atoms with E-state index in [9.17, 15) is 4.79 Å². The van der Waals surface area contributed by atoms with Gasteiger partial charge >= 0.3 is 5.97 Å². The Hall–Kier alpha value is -1.39. The lowest BCUT2D eigenvalue weighted by molar-refractivity contribution is -0.142. The van der Waals surface area contributed by atoms with E-state index in [4.69, 9.17) is 5.73 Å². The van der Waals surface area contributed by atoms with Crippen LogP contribution in [0.1, 0.15) is 18.1 Å². The molecule has 0 aliphatic carbocycles. The molecule has 0 radical (unpaired) electrons. The summed E-state index contributed by atoms with van der Waals surface area (Å²) in [6.07, 6.45) is 0. The van der Waals surface area contributed by atoms with E-state index in [0.717, 1.165) is 18.7 Å². The van der Waals surface area contributed by atoms with Crippen molar-refractivity contribution < 1.29 is 9.53 Å². The smallest absolute Gasteiger partial charge is 0.319 e. The van der Waals surface area contributed by atoms with Gasteiger partial charge in [-0.3, -0.25) is 9.69 Å². The highest BCUT2D eigenvalue weighted by Gasteiger charge is 2.09. The second-order valence-corrected chi connectivity index (χ2v) is 3.90. The maximum atomic E-state index is 11.2. The molecular weight excluding hydrogens is 216 g/mol. The van der Waals surface area contributed by atoms with Gasteiger partial charge in [-0.05, 0) is 17.7 Å². The topological polar surface area (TPSA) is 55.6 Å². The molecule has 0 aromatic heterocycles. The van der Waals surface area contributed by atoms with Crippen molar-refractivity contribution in [3.63, 3.8) is 0 Å². The summed E-state index contributed by atoms with van der Waals surface area (Å²) in [6.45, 7) is 4.47. The van der Waals surface area contributed by atoms with Crippen LogP contribution < -0.4 is 5.73 Å². The molecule has 17 heavy (non-hydrogen) atoms. The molecule has 4 heteroatoms. The lowest BCUT2D eigenvalue weighted by Crippen LogP contribution is -2.29. The van der Waals surface area contributed by atoms with Gasteiger partial charge in [-0.2, -0.15) is 0 Å². The van der Waals surface area contributed by atoms with Crippen molar-refractivity contribution in [3.8, 4) is 0 Å². The molecule has 0 saturated carbocycles. The van der Waals surface area contributed by atoms with Gasteiger partial charge in [0.15, 0.2) is 0 Å². The number of hydrogen-bond donors (Lipinski definition) is 1. The van der Waals surface area contributed by atoms with Crippen LogP contribution in [0.15, 0.2) is 24.3 Å². The standard InChI is InChI=1S/C13H20N2O2/c1-3-15(10-13(16)17-2)9-12-6-4-11(8-14)5-7-12/h4-7H,3,8-10,14H2,1-2H3. The number of nitrogens with zero attached hydrogens (tertiary/aromatic N) is 1. The largest absolute Gasteiger partial charge is 0.468 e. The van der Waals surface area contributed by atoms with Crippen LogP contribution >= 0.6 is 0 Å². The average Bonchev–Trinajstić information content (AvgIpc) is 2.38. The monoisotopic (exact) mass is 236 g/mol. The number of nitrogens with two attached hydrogens (primary N) is 1. The van der Waals surface area contributed by atoms with E-state index in [0.29, 0.717) is 13.1 Å². The number of ether oxygens (including phenoxy) is 1. The molecule has 1 aromatic carbocycles. The first-order valence-electron chi connectivity index (χ1n) is 5.76. The molecule has 94 valence electrons. The molecule has 0 amide bonds. The van der Waals surface area contributed by atoms with Gasteiger partial charge in [0.1, 0.15) is 0 Å². The molecule has 4 nitrogen and oxygen atoms in total. The van der Waals surface area contributed by atoms with Gasteiger partial charge < -0.3 is 10.5 Å². The van der Waals surface area contributed by atoms with Crippen LogP contribution in [0.2, 0.25) is 0 Å². The summed E-state index contributed by atoms with van der Waals surface area (Å²) in [5.74, 6) is -0.203. The number of esters is 1. The van der Waals surface area contributed by atoms with Gasteiger partial charge in [0.25, 0.3) is 0 Å². The van der Waals surface area contributed by atoms with Gasteiger partial charge in [-0.25, -0.2) is 0 Å². The fourth-order valence-electron chi connectivity index (χ4n) is 1.57. The third kappa shape index (κ3) is 4.54. The summed E-state index contributed by atoms with van der Waals surface area (Å²) >= 11 is 0. The summed E-state index contributed by atoms with van der Waals surface area (Å²) in [5, 5.41) is 0. The lowest BCUT2D eigenvalue weighted by Gasteiger charge is -2.18. The van der Waals surface area contributed by atoms with Crippen LogP contribution in [-0.4, -0.2) is 31.1 Å². The fourth-order valence-corrected chi connectivity index (χ4v) is 1.57. The van der Waals surface area contributed by atoms with Crippen molar-refractivity contribution in [2.45, 2.75) is 20.0 Å². The minimum Gasteiger partial charge on any atom is -0.468 e. The Morgan fingerprint density at radius 2 is 1.88 bits per heavy atom. The molecule has 0 saturated heterocycles. The van der Waals surface area contributed by atoms with E-state index in [1.807, 2.05) is 36.1 Å². The number of methoxy groups -OCH3 is 1. The van der Waals surface area contributed by atoms with E-state index in [1.54, 1.807) is 0 Å². The third-order valence-electron chi connectivity index (χ3n) is 2.69. The molecule has 0 unspecified atom stereocenters. The van der Waals surface area contributed by atoms with E-state index >= 15 is 0 Å². The van der Waals surface area contributed by atoms with Crippen molar-refractivity contribution in [2.24, 2.45) is 5.73 Å². The summed E-state index contributed by atoms with van der Waals surface area (Å²) in [5.41, 5.74) is 7.83. The molecule has 0 spiro atoms. The Kier molecular flexibility index (Phi) is 5.66. The van der Waals surface area contributed by atoms with Gasteiger partial charge in [-0.1, -0.05) is 31.2 Å². The highest BCUT2D eigenvalue weighted by atomic mass is 16.5. The molecular formula is C13H20N2O2. The number of benzene rings is 1. The molecule has 0 aliphatic rings. The van der Waals surface area contributed by atoms with Crippen LogP contribution in [0, 0.1) is 0 Å². The van der Waals surface area contributed by atoms with Crippen LogP contribution in [-0.2, 0) is 22.6 Å². The zero-order valence-electron chi connectivity index (χ0n) is 10.5. The Morgan fingerprint density at radius 3 is 2.35 bits per heavy atom. The zero-order valence-corrected chi connectivity index (χ0v) is 10.5. The minimum atomic E-state index is -0.203. The molecule has 0 atom stereocenters. The predicted octanol–water partition coefficient (Wildman–Crippen LogP) is 1.14. The normalized spacial score (nSPS) is 10.6. The van der Waals surface area contributed by atoms with E-state index in [1.165, 1.54) is 12.7 Å². The summed E-state index contributed by atoms with van der Waals surface area (Å²) in [6, 6.07) is 8.12. The molecule has 0 fully saturated rings. The van der Waals surface area contributed by atoms with Crippen LogP contribution in [0.5, 0.6) is 0 Å². The van der Waals surface area contributed by atoms with Crippen LogP contribution in [0.3, 0.4) is 0 Å². The maximum Gasteiger partial charge on any atom is 0.319 e. The van der Waals surface area contributed by atoms with Gasteiger partial charge in [0.2, 0.25) is 0 Å². The van der Waals surface area contributed by atoms with Gasteiger partial charge in [-0.15, -0.1) is 0 Å². The number of likely N-dealkylation sites (N-methyl/N-ethyl adjacent to an activating group) is 1. The summed E-state index contributed by atoms with van der Waals surface area (Å²) in [7, 11) is 1.41. The molecule has 0 aliphatic heterocycles. The van der Waals surface area contributed by atoms with Crippen LogP contribution in [0.4, 0.5) is 0 Å². The molecule has 2 N–H and O–H groups in total. The molecule has 0 bridgehead atoms.